The van der Waals surface area contributed by atoms with Gasteiger partial charge in [-0.2, -0.15) is 8.78 Å². The van der Waals surface area contributed by atoms with Gasteiger partial charge >= 0.3 is 6.61 Å². The summed E-state index contributed by atoms with van der Waals surface area (Å²) in [6, 6.07) is 8.87. The Hall–Kier alpha value is -1.62. The molecule has 2 unspecified atom stereocenters. The van der Waals surface area contributed by atoms with Crippen molar-refractivity contribution < 1.29 is 22.3 Å². The van der Waals surface area contributed by atoms with Crippen LogP contribution in [0.2, 0.25) is 0 Å². The van der Waals surface area contributed by atoms with Gasteiger partial charge < -0.3 is 4.74 Å². The van der Waals surface area contributed by atoms with Gasteiger partial charge in [0, 0.05) is 0 Å². The van der Waals surface area contributed by atoms with Crippen molar-refractivity contribution in [2.75, 3.05) is 0 Å². The van der Waals surface area contributed by atoms with Crippen LogP contribution in [0.15, 0.2) is 48.3 Å². The smallest absolute Gasteiger partial charge is 0.305 e. The van der Waals surface area contributed by atoms with Crippen molar-refractivity contribution in [3.8, 4) is 0 Å². The van der Waals surface area contributed by atoms with Gasteiger partial charge in [0.1, 0.15) is 5.83 Å². The Morgan fingerprint density at radius 2 is 1.53 bits per heavy atom. The van der Waals surface area contributed by atoms with Crippen LogP contribution >= 0.6 is 0 Å². The molecule has 2 atom stereocenters. The van der Waals surface area contributed by atoms with Crippen molar-refractivity contribution >= 4 is 5.57 Å². The number of hydrogen-bond donors (Lipinski definition) is 0. The molecule has 2 fully saturated rings. The molecular weight excluding hydrogens is 416 g/mol. The summed E-state index contributed by atoms with van der Waals surface area (Å²) in [5.74, 6) is -0.132. The summed E-state index contributed by atoms with van der Waals surface area (Å²) >= 11 is 0. The quantitative estimate of drug-likeness (QED) is 0.361. The summed E-state index contributed by atoms with van der Waals surface area (Å²) in [5, 5.41) is 0. The molecule has 0 aromatic heterocycles. The van der Waals surface area contributed by atoms with Gasteiger partial charge in [0.25, 0.3) is 0 Å². The van der Waals surface area contributed by atoms with E-state index in [0.29, 0.717) is 29.9 Å². The van der Waals surface area contributed by atoms with Crippen LogP contribution in [0.3, 0.4) is 0 Å². The standard InChI is InChI=1S/C27H34F4O/c28-24-17-22(21-11-2-1-3-12-21)18-25(29)27(24,32-26(30)31)23-15-13-20(14-16-23)10-6-9-19-7-4-5-8-19/h1-3,11-12,17-20,23-24,26H,4-10,13-16H2. The van der Waals surface area contributed by atoms with Crippen molar-refractivity contribution in [1.82, 2.24) is 0 Å². The summed E-state index contributed by atoms with van der Waals surface area (Å²) in [7, 11) is 0. The van der Waals surface area contributed by atoms with E-state index in [4.69, 9.17) is 4.74 Å². The average Bonchev–Trinajstić information content (AvgIpc) is 3.31. The Morgan fingerprint density at radius 1 is 0.906 bits per heavy atom. The normalized spacial score (nSPS) is 31.6. The minimum atomic E-state index is -3.23. The molecule has 1 aromatic carbocycles. The molecule has 0 bridgehead atoms. The number of ether oxygens (including phenoxy) is 1. The molecule has 1 aromatic rings. The van der Waals surface area contributed by atoms with Gasteiger partial charge in [-0.25, -0.2) is 8.78 Å². The molecule has 32 heavy (non-hydrogen) atoms. The van der Waals surface area contributed by atoms with Crippen molar-refractivity contribution in [2.45, 2.75) is 89.0 Å². The number of benzene rings is 1. The first-order valence-electron chi connectivity index (χ1n) is 12.2. The number of hydrogen-bond acceptors (Lipinski definition) is 1. The van der Waals surface area contributed by atoms with Crippen LogP contribution in [-0.4, -0.2) is 18.4 Å². The van der Waals surface area contributed by atoms with Crippen LogP contribution in [0.4, 0.5) is 17.6 Å². The van der Waals surface area contributed by atoms with Gasteiger partial charge in [-0.3, -0.25) is 0 Å². The fourth-order valence-electron chi connectivity index (χ4n) is 6.18. The highest BCUT2D eigenvalue weighted by atomic mass is 19.3. The third-order valence-corrected chi connectivity index (χ3v) is 7.94. The van der Waals surface area contributed by atoms with Crippen molar-refractivity contribution in [3.63, 3.8) is 0 Å². The zero-order valence-electron chi connectivity index (χ0n) is 18.6. The Morgan fingerprint density at radius 3 is 2.12 bits per heavy atom. The molecule has 0 amide bonds. The summed E-state index contributed by atoms with van der Waals surface area (Å²) in [4.78, 5) is 0. The lowest BCUT2D eigenvalue weighted by atomic mass is 9.68. The molecule has 3 aliphatic carbocycles. The fourth-order valence-corrected chi connectivity index (χ4v) is 6.18. The Kier molecular flexibility index (Phi) is 7.75. The molecule has 0 radical (unpaired) electrons. The Balaban J connectivity index is 1.42. The average molecular weight is 451 g/mol. The molecule has 0 N–H and O–H groups in total. The van der Waals surface area contributed by atoms with Crippen LogP contribution in [0, 0.1) is 17.8 Å². The molecular formula is C27H34F4O. The number of allylic oxidation sites excluding steroid dienone is 2. The Bertz CT molecular complexity index is 791. The third-order valence-electron chi connectivity index (χ3n) is 7.94. The lowest BCUT2D eigenvalue weighted by Crippen LogP contribution is -2.52. The molecule has 0 spiro atoms. The highest BCUT2D eigenvalue weighted by Gasteiger charge is 2.54. The van der Waals surface area contributed by atoms with Gasteiger partial charge in [0.2, 0.25) is 0 Å². The van der Waals surface area contributed by atoms with Crippen LogP contribution in [0.5, 0.6) is 0 Å². The summed E-state index contributed by atoms with van der Waals surface area (Å²) in [6.07, 6.45) is 12.1. The van der Waals surface area contributed by atoms with Crippen LogP contribution in [-0.2, 0) is 4.74 Å². The lowest BCUT2D eigenvalue weighted by Gasteiger charge is -2.45. The second-order valence-corrected chi connectivity index (χ2v) is 9.85. The minimum absolute atomic E-state index is 0.365. The predicted molar refractivity (Wildman–Crippen MR) is 120 cm³/mol. The van der Waals surface area contributed by atoms with E-state index in [-0.39, 0.29) is 0 Å². The molecule has 0 saturated heterocycles. The first-order valence-corrected chi connectivity index (χ1v) is 12.2. The fraction of sp³-hybridized carbons (Fsp3) is 0.630. The molecule has 176 valence electrons. The van der Waals surface area contributed by atoms with Crippen LogP contribution in [0.1, 0.15) is 76.2 Å². The highest BCUT2D eigenvalue weighted by Crippen LogP contribution is 2.49. The second kappa shape index (κ2) is 10.5. The second-order valence-electron chi connectivity index (χ2n) is 9.85. The first-order chi connectivity index (χ1) is 15.5. The van der Waals surface area contributed by atoms with Gasteiger partial charge in [-0.1, -0.05) is 88.1 Å². The van der Waals surface area contributed by atoms with E-state index < -0.39 is 30.1 Å². The molecule has 1 nitrogen and oxygen atoms in total. The van der Waals surface area contributed by atoms with Gasteiger partial charge in [0.05, 0.1) is 0 Å². The minimum Gasteiger partial charge on any atom is -0.305 e. The Labute approximate surface area is 188 Å². The molecule has 0 heterocycles. The lowest BCUT2D eigenvalue weighted by molar-refractivity contribution is -0.237. The van der Waals surface area contributed by atoms with E-state index in [1.165, 1.54) is 50.7 Å². The summed E-state index contributed by atoms with van der Waals surface area (Å²) < 4.78 is 62.5. The maximum Gasteiger partial charge on any atom is 0.346 e. The number of rotatable bonds is 8. The number of halogens is 4. The van der Waals surface area contributed by atoms with Crippen LogP contribution in [0.25, 0.3) is 5.57 Å². The van der Waals surface area contributed by atoms with E-state index in [1.807, 2.05) is 6.07 Å². The largest absolute Gasteiger partial charge is 0.346 e. The topological polar surface area (TPSA) is 9.23 Å². The van der Waals surface area contributed by atoms with E-state index in [2.05, 4.69) is 0 Å². The van der Waals surface area contributed by atoms with Crippen molar-refractivity contribution in [1.29, 1.82) is 0 Å². The van der Waals surface area contributed by atoms with Gasteiger partial charge in [-0.15, -0.1) is 0 Å². The van der Waals surface area contributed by atoms with Gasteiger partial charge in [0.15, 0.2) is 11.8 Å². The zero-order valence-corrected chi connectivity index (χ0v) is 18.6. The van der Waals surface area contributed by atoms with E-state index in [9.17, 15) is 8.78 Å². The molecule has 5 heteroatoms. The molecule has 4 rings (SSSR count). The third kappa shape index (κ3) is 5.13. The molecule has 2 saturated carbocycles. The zero-order chi connectivity index (χ0) is 22.6. The maximum absolute atomic E-state index is 15.5. The SMILES string of the molecule is FC1=CC(c2ccccc2)=CC(F)C1(OC(F)F)C1CCC(CCCC2CCCC2)CC1. The summed E-state index contributed by atoms with van der Waals surface area (Å²) in [6.45, 7) is -3.23. The molecule has 0 aliphatic heterocycles. The first kappa shape index (κ1) is 23.5. The van der Waals surface area contributed by atoms with E-state index in [0.717, 1.165) is 25.2 Å². The van der Waals surface area contributed by atoms with E-state index >= 15 is 8.78 Å². The van der Waals surface area contributed by atoms with Gasteiger partial charge in [-0.05, 0) is 53.9 Å². The molecule has 3 aliphatic rings. The van der Waals surface area contributed by atoms with E-state index in [1.54, 1.807) is 24.3 Å². The van der Waals surface area contributed by atoms with Crippen LogP contribution < -0.4 is 0 Å². The van der Waals surface area contributed by atoms with Crippen molar-refractivity contribution in [2.24, 2.45) is 17.8 Å². The van der Waals surface area contributed by atoms with Crippen molar-refractivity contribution in [3.05, 3.63) is 53.9 Å². The maximum atomic E-state index is 15.5. The predicted octanol–water partition coefficient (Wildman–Crippen LogP) is 8.42. The number of alkyl halides is 3. The summed E-state index contributed by atoms with van der Waals surface area (Å²) in [5.41, 5.74) is -1.20. The monoisotopic (exact) mass is 450 g/mol. The highest BCUT2D eigenvalue weighted by molar-refractivity contribution is 5.77.